The number of rotatable bonds is 5. The number of halogens is 1. The van der Waals surface area contributed by atoms with Crippen LogP contribution in [0.1, 0.15) is 55.4 Å². The Bertz CT molecular complexity index is 916. The van der Waals surface area contributed by atoms with Gasteiger partial charge in [0.15, 0.2) is 5.16 Å². The third-order valence-corrected chi connectivity index (χ3v) is 6.98. The van der Waals surface area contributed by atoms with E-state index in [2.05, 4.69) is 10.3 Å². The third kappa shape index (κ3) is 4.95. The van der Waals surface area contributed by atoms with Gasteiger partial charge in [-0.3, -0.25) is 14.2 Å². The highest BCUT2D eigenvalue weighted by Crippen LogP contribution is 2.27. The van der Waals surface area contributed by atoms with Crippen molar-refractivity contribution in [3.8, 4) is 5.69 Å². The highest BCUT2D eigenvalue weighted by atomic mass is 32.2. The van der Waals surface area contributed by atoms with Gasteiger partial charge in [-0.15, -0.1) is 0 Å². The molecule has 2 fully saturated rings. The Labute approximate surface area is 186 Å². The number of piperidine rings is 1. The van der Waals surface area contributed by atoms with E-state index in [1.807, 2.05) is 11.2 Å². The molecule has 2 aromatic rings. The summed E-state index contributed by atoms with van der Waals surface area (Å²) in [5, 5.41) is 3.78. The van der Waals surface area contributed by atoms with Crippen LogP contribution in [-0.2, 0) is 4.79 Å². The minimum absolute atomic E-state index is 0.0252. The van der Waals surface area contributed by atoms with E-state index < -0.39 is 0 Å². The van der Waals surface area contributed by atoms with E-state index >= 15 is 0 Å². The zero-order chi connectivity index (χ0) is 21.8. The molecule has 2 heterocycles. The molecule has 1 aliphatic heterocycles. The average molecular weight is 445 g/mol. The van der Waals surface area contributed by atoms with Crippen LogP contribution in [0, 0.1) is 11.7 Å². The van der Waals surface area contributed by atoms with Crippen molar-refractivity contribution in [2.75, 3.05) is 19.3 Å². The van der Waals surface area contributed by atoms with Gasteiger partial charge >= 0.3 is 0 Å². The van der Waals surface area contributed by atoms with E-state index in [0.29, 0.717) is 35.5 Å². The predicted molar refractivity (Wildman–Crippen MR) is 119 cm³/mol. The normalized spacial score (nSPS) is 18.2. The molecule has 166 valence electrons. The second-order valence-electron chi connectivity index (χ2n) is 8.35. The molecule has 1 saturated heterocycles. The maximum atomic E-state index is 13.3. The van der Waals surface area contributed by atoms with Crippen molar-refractivity contribution in [3.05, 3.63) is 42.0 Å². The Morgan fingerprint density at radius 3 is 2.39 bits per heavy atom. The molecule has 2 amide bonds. The first-order valence-corrected chi connectivity index (χ1v) is 12.3. The molecule has 1 saturated carbocycles. The lowest BCUT2D eigenvalue weighted by molar-refractivity contribution is -0.137. The first-order chi connectivity index (χ1) is 15.1. The van der Waals surface area contributed by atoms with Crippen LogP contribution >= 0.6 is 11.8 Å². The van der Waals surface area contributed by atoms with Crippen molar-refractivity contribution in [1.29, 1.82) is 0 Å². The minimum Gasteiger partial charge on any atom is -0.348 e. The number of aromatic nitrogens is 2. The number of nitrogens with one attached hydrogen (secondary N) is 1. The molecule has 0 unspecified atom stereocenters. The number of hydrogen-bond acceptors (Lipinski definition) is 4. The molecule has 0 spiro atoms. The highest BCUT2D eigenvalue weighted by molar-refractivity contribution is 7.98. The summed E-state index contributed by atoms with van der Waals surface area (Å²) in [6, 6.07) is 6.06. The Balaban J connectivity index is 1.39. The molecule has 1 aromatic heterocycles. The number of imidazole rings is 1. The van der Waals surface area contributed by atoms with Crippen molar-refractivity contribution >= 4 is 23.6 Å². The van der Waals surface area contributed by atoms with E-state index in [1.54, 1.807) is 22.9 Å². The van der Waals surface area contributed by atoms with Crippen LogP contribution in [0.4, 0.5) is 4.39 Å². The lowest BCUT2D eigenvalue weighted by atomic mass is 9.87. The van der Waals surface area contributed by atoms with Crippen LogP contribution in [-0.4, -0.2) is 51.7 Å². The number of nitrogens with zero attached hydrogens (tertiary/aromatic N) is 3. The van der Waals surface area contributed by atoms with Crippen LogP contribution in [0.25, 0.3) is 5.69 Å². The summed E-state index contributed by atoms with van der Waals surface area (Å²) in [7, 11) is 0. The second kappa shape index (κ2) is 9.85. The van der Waals surface area contributed by atoms with Gasteiger partial charge in [-0.05, 0) is 56.2 Å². The van der Waals surface area contributed by atoms with Crippen molar-refractivity contribution in [2.24, 2.45) is 5.92 Å². The topological polar surface area (TPSA) is 67.2 Å². The van der Waals surface area contributed by atoms with Crippen molar-refractivity contribution < 1.29 is 14.0 Å². The number of carbonyl (C=O) groups is 2. The van der Waals surface area contributed by atoms with Crippen LogP contribution in [0.2, 0.25) is 0 Å². The van der Waals surface area contributed by atoms with Gasteiger partial charge in [-0.2, -0.15) is 0 Å². The summed E-state index contributed by atoms with van der Waals surface area (Å²) in [6.07, 6.45) is 10.5. The summed E-state index contributed by atoms with van der Waals surface area (Å²) < 4.78 is 15.1. The smallest absolute Gasteiger partial charge is 0.270 e. The standard InChI is InChI=1S/C23H29FN4O2S/c1-31-23-25-15-20(28(23)19-9-7-17(24)8-10-19)21(29)26-18-11-13-27(14-12-18)22(30)16-5-3-2-4-6-16/h7-10,15-16,18H,2-6,11-14H2,1H3,(H,26,29). The fourth-order valence-electron chi connectivity index (χ4n) is 4.59. The minimum atomic E-state index is -0.324. The summed E-state index contributed by atoms with van der Waals surface area (Å²) in [5.74, 6) is -0.0392. The molecule has 4 rings (SSSR count). The summed E-state index contributed by atoms with van der Waals surface area (Å²) in [6.45, 7) is 1.38. The average Bonchev–Trinajstić information content (AvgIpc) is 3.24. The van der Waals surface area contributed by atoms with E-state index in [1.165, 1.54) is 30.3 Å². The largest absolute Gasteiger partial charge is 0.348 e. The van der Waals surface area contributed by atoms with Crippen LogP contribution in [0.3, 0.4) is 0 Å². The van der Waals surface area contributed by atoms with Gasteiger partial charge in [0.25, 0.3) is 5.91 Å². The molecule has 0 radical (unpaired) electrons. The Kier molecular flexibility index (Phi) is 6.95. The summed E-state index contributed by atoms with van der Waals surface area (Å²) in [5.41, 5.74) is 1.12. The van der Waals surface area contributed by atoms with Crippen molar-refractivity contribution in [3.63, 3.8) is 0 Å². The highest BCUT2D eigenvalue weighted by Gasteiger charge is 2.30. The van der Waals surface area contributed by atoms with Crippen LogP contribution in [0.5, 0.6) is 0 Å². The van der Waals surface area contributed by atoms with E-state index in [4.69, 9.17) is 0 Å². The maximum Gasteiger partial charge on any atom is 0.270 e. The number of likely N-dealkylation sites (tertiary alicyclic amines) is 1. The van der Waals surface area contributed by atoms with E-state index in [0.717, 1.165) is 38.5 Å². The molecule has 1 N–H and O–H groups in total. The SMILES string of the molecule is CSc1ncc(C(=O)NC2CCN(C(=O)C3CCCCC3)CC2)n1-c1ccc(F)cc1. The van der Waals surface area contributed by atoms with Gasteiger partial charge in [0.1, 0.15) is 11.5 Å². The molecule has 6 nitrogen and oxygen atoms in total. The molecular formula is C23H29FN4O2S. The van der Waals surface area contributed by atoms with Gasteiger partial charge in [-0.1, -0.05) is 31.0 Å². The number of thioether (sulfide) groups is 1. The lowest BCUT2D eigenvalue weighted by Crippen LogP contribution is -2.48. The molecule has 8 heteroatoms. The molecule has 1 aliphatic carbocycles. The molecule has 31 heavy (non-hydrogen) atoms. The fourth-order valence-corrected chi connectivity index (χ4v) is 5.13. The zero-order valence-electron chi connectivity index (χ0n) is 17.8. The number of amides is 2. The monoisotopic (exact) mass is 444 g/mol. The number of hydrogen-bond donors (Lipinski definition) is 1. The Hall–Kier alpha value is -2.35. The summed E-state index contributed by atoms with van der Waals surface area (Å²) >= 11 is 1.43. The predicted octanol–water partition coefficient (Wildman–Crippen LogP) is 4.03. The second-order valence-corrected chi connectivity index (χ2v) is 9.12. The zero-order valence-corrected chi connectivity index (χ0v) is 18.7. The Morgan fingerprint density at radius 2 is 1.74 bits per heavy atom. The van der Waals surface area contributed by atoms with E-state index in [9.17, 15) is 14.0 Å². The van der Waals surface area contributed by atoms with Gasteiger partial charge in [0, 0.05) is 30.7 Å². The molecule has 0 bridgehead atoms. The first-order valence-electron chi connectivity index (χ1n) is 11.0. The van der Waals surface area contributed by atoms with Gasteiger partial charge in [-0.25, -0.2) is 9.37 Å². The molecule has 1 aromatic carbocycles. The molecule has 2 aliphatic rings. The van der Waals surface area contributed by atoms with Crippen LogP contribution in [0.15, 0.2) is 35.6 Å². The third-order valence-electron chi connectivity index (χ3n) is 6.33. The fraction of sp³-hybridized carbons (Fsp3) is 0.522. The lowest BCUT2D eigenvalue weighted by Gasteiger charge is -2.35. The van der Waals surface area contributed by atoms with E-state index in [-0.39, 0.29) is 23.7 Å². The Morgan fingerprint density at radius 1 is 1.06 bits per heavy atom. The van der Waals surface area contributed by atoms with Crippen molar-refractivity contribution in [1.82, 2.24) is 19.8 Å². The number of carbonyl (C=O) groups excluding carboxylic acids is 2. The van der Waals surface area contributed by atoms with Crippen LogP contribution < -0.4 is 5.32 Å². The summed E-state index contributed by atoms with van der Waals surface area (Å²) in [4.78, 5) is 32.1. The molecule has 0 atom stereocenters. The maximum absolute atomic E-state index is 13.3. The van der Waals surface area contributed by atoms with Gasteiger partial charge in [0.2, 0.25) is 5.91 Å². The van der Waals surface area contributed by atoms with Crippen molar-refractivity contribution in [2.45, 2.75) is 56.1 Å². The van der Waals surface area contributed by atoms with Gasteiger partial charge in [0.05, 0.1) is 6.20 Å². The van der Waals surface area contributed by atoms with Gasteiger partial charge < -0.3 is 10.2 Å². The first kappa shape index (κ1) is 21.9. The quantitative estimate of drug-likeness (QED) is 0.707. The molecular weight excluding hydrogens is 415 g/mol. The number of benzene rings is 1.